The van der Waals surface area contributed by atoms with E-state index in [-0.39, 0.29) is 25.2 Å². The van der Waals surface area contributed by atoms with Crippen LogP contribution in [0.5, 0.6) is 5.75 Å². The van der Waals surface area contributed by atoms with E-state index < -0.39 is 0 Å². The molecule has 1 aromatic heterocycles. The summed E-state index contributed by atoms with van der Waals surface area (Å²) in [5.41, 5.74) is 3.23. The van der Waals surface area contributed by atoms with Crippen LogP contribution in [0.15, 0.2) is 42.7 Å². The van der Waals surface area contributed by atoms with Gasteiger partial charge in [-0.25, -0.2) is 0 Å². The smallest absolute Gasteiger partial charge is 0.261 e. The maximum Gasteiger partial charge on any atom is 0.261 e. The molecule has 25 heavy (non-hydrogen) atoms. The molecule has 0 saturated carbocycles. The largest absolute Gasteiger partial charge is 0.484 e. The van der Waals surface area contributed by atoms with E-state index in [4.69, 9.17) is 4.74 Å². The SMILES string of the molecule is CCC(CO)N(Cc1cccnc1)C(=O)COc1ccc(C)c(C)c1. The second-order valence-corrected chi connectivity index (χ2v) is 6.16. The summed E-state index contributed by atoms with van der Waals surface area (Å²) in [6, 6.07) is 9.29. The number of aliphatic hydroxyl groups is 1. The number of carbonyl (C=O) groups is 1. The van der Waals surface area contributed by atoms with Crippen LogP contribution < -0.4 is 4.74 Å². The van der Waals surface area contributed by atoms with Gasteiger partial charge in [-0.05, 0) is 55.2 Å². The third-order valence-electron chi connectivity index (χ3n) is 4.36. The molecule has 1 N–H and O–H groups in total. The van der Waals surface area contributed by atoms with Gasteiger partial charge in [0.1, 0.15) is 5.75 Å². The predicted molar refractivity (Wildman–Crippen MR) is 97.4 cm³/mol. The molecule has 1 atom stereocenters. The first kappa shape index (κ1) is 18.9. The Labute approximate surface area is 149 Å². The molecule has 0 aliphatic carbocycles. The van der Waals surface area contributed by atoms with E-state index in [1.54, 1.807) is 17.3 Å². The van der Waals surface area contributed by atoms with E-state index in [9.17, 15) is 9.90 Å². The van der Waals surface area contributed by atoms with Crippen molar-refractivity contribution in [3.05, 3.63) is 59.4 Å². The van der Waals surface area contributed by atoms with Crippen molar-refractivity contribution in [2.24, 2.45) is 0 Å². The molecule has 0 aliphatic heterocycles. The van der Waals surface area contributed by atoms with Crippen LogP contribution in [0.25, 0.3) is 0 Å². The van der Waals surface area contributed by atoms with Gasteiger partial charge in [0.2, 0.25) is 0 Å². The fourth-order valence-corrected chi connectivity index (χ4v) is 2.59. The molecule has 0 fully saturated rings. The number of aromatic nitrogens is 1. The first-order chi connectivity index (χ1) is 12.0. The van der Waals surface area contributed by atoms with Crippen molar-refractivity contribution in [3.63, 3.8) is 0 Å². The molecule has 5 heteroatoms. The number of rotatable bonds is 8. The van der Waals surface area contributed by atoms with Crippen LogP contribution in [0.1, 0.15) is 30.0 Å². The van der Waals surface area contributed by atoms with E-state index in [0.717, 1.165) is 11.1 Å². The van der Waals surface area contributed by atoms with Gasteiger partial charge in [-0.1, -0.05) is 19.1 Å². The Bertz CT molecular complexity index is 685. The van der Waals surface area contributed by atoms with E-state index in [1.165, 1.54) is 5.56 Å². The quantitative estimate of drug-likeness (QED) is 0.801. The Morgan fingerprint density at radius 2 is 2.08 bits per heavy atom. The second-order valence-electron chi connectivity index (χ2n) is 6.16. The van der Waals surface area contributed by atoms with E-state index in [0.29, 0.717) is 18.7 Å². The number of benzene rings is 1. The first-order valence-electron chi connectivity index (χ1n) is 8.54. The minimum absolute atomic E-state index is 0.0563. The summed E-state index contributed by atoms with van der Waals surface area (Å²) in [5, 5.41) is 9.63. The number of aliphatic hydroxyl groups excluding tert-OH is 1. The van der Waals surface area contributed by atoms with Crippen molar-refractivity contribution in [1.29, 1.82) is 0 Å². The highest BCUT2D eigenvalue weighted by atomic mass is 16.5. The van der Waals surface area contributed by atoms with Crippen LogP contribution in [0.2, 0.25) is 0 Å². The number of ether oxygens (including phenoxy) is 1. The molecule has 0 bridgehead atoms. The van der Waals surface area contributed by atoms with Crippen molar-refractivity contribution in [3.8, 4) is 5.75 Å². The number of hydrogen-bond acceptors (Lipinski definition) is 4. The van der Waals surface area contributed by atoms with Crippen molar-refractivity contribution in [2.45, 2.75) is 39.8 Å². The van der Waals surface area contributed by atoms with E-state index in [2.05, 4.69) is 4.98 Å². The van der Waals surface area contributed by atoms with Gasteiger partial charge in [0.05, 0.1) is 12.6 Å². The number of amides is 1. The fraction of sp³-hybridized carbons (Fsp3) is 0.400. The van der Waals surface area contributed by atoms with Crippen molar-refractivity contribution >= 4 is 5.91 Å². The number of pyridine rings is 1. The zero-order valence-corrected chi connectivity index (χ0v) is 15.1. The topological polar surface area (TPSA) is 62.7 Å². The average molecular weight is 342 g/mol. The van der Waals surface area contributed by atoms with Crippen molar-refractivity contribution in [2.75, 3.05) is 13.2 Å². The Morgan fingerprint density at radius 1 is 1.28 bits per heavy atom. The van der Waals surface area contributed by atoms with E-state index in [1.807, 2.05) is 51.1 Å². The van der Waals surface area contributed by atoms with Crippen LogP contribution in [-0.4, -0.2) is 40.2 Å². The highest BCUT2D eigenvalue weighted by Gasteiger charge is 2.22. The van der Waals surface area contributed by atoms with Gasteiger partial charge in [-0.3, -0.25) is 9.78 Å². The zero-order valence-electron chi connectivity index (χ0n) is 15.1. The lowest BCUT2D eigenvalue weighted by Crippen LogP contribution is -2.44. The maximum atomic E-state index is 12.7. The van der Waals surface area contributed by atoms with E-state index >= 15 is 0 Å². The normalized spacial score (nSPS) is 11.8. The average Bonchev–Trinajstić information content (AvgIpc) is 2.63. The van der Waals surface area contributed by atoms with Gasteiger partial charge < -0.3 is 14.7 Å². The van der Waals surface area contributed by atoms with Gasteiger partial charge in [-0.2, -0.15) is 0 Å². The van der Waals surface area contributed by atoms with Crippen LogP contribution in [0.4, 0.5) is 0 Å². The molecule has 0 radical (unpaired) electrons. The molecule has 134 valence electrons. The van der Waals surface area contributed by atoms with Crippen LogP contribution >= 0.6 is 0 Å². The van der Waals surface area contributed by atoms with Gasteiger partial charge in [-0.15, -0.1) is 0 Å². The summed E-state index contributed by atoms with van der Waals surface area (Å²) in [6.45, 7) is 6.27. The molecule has 1 heterocycles. The lowest BCUT2D eigenvalue weighted by Gasteiger charge is -2.30. The number of hydrogen-bond donors (Lipinski definition) is 1. The fourth-order valence-electron chi connectivity index (χ4n) is 2.59. The molecule has 5 nitrogen and oxygen atoms in total. The number of carbonyl (C=O) groups excluding carboxylic acids is 1. The molecular formula is C20H26N2O3. The Kier molecular flexibility index (Phi) is 6.95. The van der Waals surface area contributed by atoms with Crippen LogP contribution in [-0.2, 0) is 11.3 Å². The van der Waals surface area contributed by atoms with Crippen LogP contribution in [0.3, 0.4) is 0 Å². The predicted octanol–water partition coefficient (Wildman–Crippen LogP) is 2.88. The Balaban J connectivity index is 2.07. The van der Waals surface area contributed by atoms with Crippen molar-refractivity contribution in [1.82, 2.24) is 9.88 Å². The molecule has 0 aliphatic rings. The van der Waals surface area contributed by atoms with Gasteiger partial charge in [0.15, 0.2) is 6.61 Å². The summed E-state index contributed by atoms with van der Waals surface area (Å²) < 4.78 is 5.67. The molecule has 0 saturated heterocycles. The maximum absolute atomic E-state index is 12.7. The highest BCUT2D eigenvalue weighted by molar-refractivity contribution is 5.78. The minimum Gasteiger partial charge on any atom is -0.484 e. The molecule has 1 unspecified atom stereocenters. The van der Waals surface area contributed by atoms with Gasteiger partial charge in [0, 0.05) is 18.9 Å². The monoisotopic (exact) mass is 342 g/mol. The van der Waals surface area contributed by atoms with Crippen molar-refractivity contribution < 1.29 is 14.6 Å². The molecule has 2 aromatic rings. The summed E-state index contributed by atoms with van der Waals surface area (Å²) in [6.07, 6.45) is 4.10. The standard InChI is InChI=1S/C20H26N2O3/c1-4-18(13-23)22(12-17-6-5-9-21-11-17)20(24)14-25-19-8-7-15(2)16(3)10-19/h5-11,18,23H,4,12-14H2,1-3H3. The Hall–Kier alpha value is -2.40. The molecule has 1 aromatic carbocycles. The third kappa shape index (κ3) is 5.29. The summed E-state index contributed by atoms with van der Waals surface area (Å²) in [4.78, 5) is 18.5. The molecule has 1 amide bonds. The van der Waals surface area contributed by atoms with Gasteiger partial charge in [0.25, 0.3) is 5.91 Å². The highest BCUT2D eigenvalue weighted by Crippen LogP contribution is 2.17. The number of aryl methyl sites for hydroxylation is 2. The number of nitrogens with zero attached hydrogens (tertiary/aromatic N) is 2. The molecular weight excluding hydrogens is 316 g/mol. The first-order valence-corrected chi connectivity index (χ1v) is 8.54. The summed E-state index contributed by atoms with van der Waals surface area (Å²) in [7, 11) is 0. The lowest BCUT2D eigenvalue weighted by molar-refractivity contribution is -0.137. The van der Waals surface area contributed by atoms with Gasteiger partial charge >= 0.3 is 0 Å². The zero-order chi connectivity index (χ0) is 18.2. The minimum atomic E-state index is -0.240. The second kappa shape index (κ2) is 9.18. The summed E-state index contributed by atoms with van der Waals surface area (Å²) in [5.74, 6) is 0.526. The third-order valence-corrected chi connectivity index (χ3v) is 4.36. The Morgan fingerprint density at radius 3 is 2.68 bits per heavy atom. The molecule has 2 rings (SSSR count). The molecule has 0 spiro atoms. The lowest BCUT2D eigenvalue weighted by atomic mass is 10.1. The van der Waals surface area contributed by atoms with Crippen LogP contribution in [0, 0.1) is 13.8 Å². The summed E-state index contributed by atoms with van der Waals surface area (Å²) >= 11 is 0.